The van der Waals surface area contributed by atoms with Gasteiger partial charge in [-0.2, -0.15) is 5.10 Å². The van der Waals surface area contributed by atoms with Crippen LogP contribution in [0.4, 0.5) is 5.82 Å². The van der Waals surface area contributed by atoms with Gasteiger partial charge in [-0.1, -0.05) is 31.0 Å². The van der Waals surface area contributed by atoms with Crippen LogP contribution in [-0.2, 0) is 0 Å². The Morgan fingerprint density at radius 1 is 1.18 bits per heavy atom. The largest absolute Gasteiger partial charge is 0.382 e. The van der Waals surface area contributed by atoms with Crippen LogP contribution in [0.5, 0.6) is 0 Å². The summed E-state index contributed by atoms with van der Waals surface area (Å²) in [6.45, 7) is 0. The minimum atomic E-state index is 0.547. The van der Waals surface area contributed by atoms with Crippen molar-refractivity contribution in [3.63, 3.8) is 0 Å². The Bertz CT molecular complexity index is 510. The van der Waals surface area contributed by atoms with E-state index in [1.54, 1.807) is 0 Å². The minimum Gasteiger partial charge on any atom is -0.382 e. The monoisotopic (exact) mass is 227 g/mol. The Kier molecular flexibility index (Phi) is 2.59. The summed E-state index contributed by atoms with van der Waals surface area (Å²) >= 11 is 0. The molecule has 3 N–H and O–H groups in total. The molecule has 1 aliphatic carbocycles. The number of hydrogen-bond acceptors (Lipinski definition) is 2. The van der Waals surface area contributed by atoms with Crippen LogP contribution in [-0.4, -0.2) is 10.2 Å². The Morgan fingerprint density at radius 2 is 2.00 bits per heavy atom. The molecule has 1 fully saturated rings. The second-order valence-electron chi connectivity index (χ2n) is 4.81. The van der Waals surface area contributed by atoms with Crippen molar-refractivity contribution < 1.29 is 0 Å². The molecule has 2 aromatic rings. The molecule has 1 aromatic heterocycles. The maximum atomic E-state index is 5.63. The maximum absolute atomic E-state index is 5.63. The van der Waals surface area contributed by atoms with Crippen molar-refractivity contribution in [3.8, 4) is 11.3 Å². The number of aromatic nitrogens is 2. The summed E-state index contributed by atoms with van der Waals surface area (Å²) in [5.41, 5.74) is 9.27. The first kappa shape index (κ1) is 10.4. The van der Waals surface area contributed by atoms with Crippen molar-refractivity contribution in [2.24, 2.45) is 0 Å². The van der Waals surface area contributed by atoms with E-state index in [2.05, 4.69) is 34.5 Å². The predicted molar refractivity (Wildman–Crippen MR) is 69.6 cm³/mol. The molecule has 3 heteroatoms. The van der Waals surface area contributed by atoms with Crippen LogP contribution in [0.15, 0.2) is 30.3 Å². The van der Waals surface area contributed by atoms with Gasteiger partial charge in [0, 0.05) is 6.07 Å². The number of rotatable bonds is 2. The maximum Gasteiger partial charge on any atom is 0.145 e. The number of nitrogens with zero attached hydrogens (tertiary/aromatic N) is 1. The molecular formula is C14H17N3. The summed E-state index contributed by atoms with van der Waals surface area (Å²) in [6.07, 6.45) is 5.39. The van der Waals surface area contributed by atoms with Gasteiger partial charge in [0.25, 0.3) is 0 Å². The van der Waals surface area contributed by atoms with E-state index in [-0.39, 0.29) is 0 Å². The van der Waals surface area contributed by atoms with Gasteiger partial charge < -0.3 is 5.73 Å². The van der Waals surface area contributed by atoms with Gasteiger partial charge >= 0.3 is 0 Å². The van der Waals surface area contributed by atoms with Crippen LogP contribution in [0.2, 0.25) is 0 Å². The van der Waals surface area contributed by atoms with Gasteiger partial charge in [-0.25, -0.2) is 0 Å². The van der Waals surface area contributed by atoms with Gasteiger partial charge in [-0.05, 0) is 36.0 Å². The van der Waals surface area contributed by atoms with Gasteiger partial charge in [0.1, 0.15) is 5.82 Å². The topological polar surface area (TPSA) is 54.7 Å². The summed E-state index contributed by atoms with van der Waals surface area (Å²) < 4.78 is 0. The van der Waals surface area contributed by atoms with E-state index in [0.29, 0.717) is 5.82 Å². The summed E-state index contributed by atoms with van der Waals surface area (Å²) in [7, 11) is 0. The van der Waals surface area contributed by atoms with Crippen LogP contribution >= 0.6 is 0 Å². The van der Waals surface area contributed by atoms with E-state index in [9.17, 15) is 0 Å². The molecule has 0 radical (unpaired) electrons. The molecule has 0 spiro atoms. The molecule has 1 aromatic carbocycles. The fourth-order valence-electron chi connectivity index (χ4n) is 2.70. The zero-order valence-corrected chi connectivity index (χ0v) is 9.82. The summed E-state index contributed by atoms with van der Waals surface area (Å²) in [5.74, 6) is 1.29. The zero-order chi connectivity index (χ0) is 11.7. The SMILES string of the molecule is Nc1cc(-c2cccc(C3CCCC3)c2)[nH]n1. The molecule has 0 saturated heterocycles. The first-order valence-corrected chi connectivity index (χ1v) is 6.24. The van der Waals surface area contributed by atoms with E-state index < -0.39 is 0 Å². The lowest BCUT2D eigenvalue weighted by molar-refractivity contribution is 0.723. The number of anilines is 1. The van der Waals surface area contributed by atoms with Crippen molar-refractivity contribution in [1.82, 2.24) is 10.2 Å². The van der Waals surface area contributed by atoms with Crippen molar-refractivity contribution >= 4 is 5.82 Å². The molecule has 1 heterocycles. The van der Waals surface area contributed by atoms with Crippen molar-refractivity contribution in [2.45, 2.75) is 31.6 Å². The highest BCUT2D eigenvalue weighted by Gasteiger charge is 2.17. The third-order valence-electron chi connectivity index (χ3n) is 3.62. The summed E-state index contributed by atoms with van der Waals surface area (Å²) in [5, 5.41) is 6.94. The second kappa shape index (κ2) is 4.24. The van der Waals surface area contributed by atoms with Gasteiger partial charge in [-0.15, -0.1) is 0 Å². The Morgan fingerprint density at radius 3 is 2.71 bits per heavy atom. The Hall–Kier alpha value is -1.77. The average Bonchev–Trinajstić information content (AvgIpc) is 3.00. The highest BCUT2D eigenvalue weighted by atomic mass is 15.2. The molecule has 1 saturated carbocycles. The predicted octanol–water partition coefficient (Wildman–Crippen LogP) is 3.32. The number of nitrogens with two attached hydrogens (primary N) is 1. The van der Waals surface area contributed by atoms with Crippen molar-refractivity contribution in [3.05, 3.63) is 35.9 Å². The zero-order valence-electron chi connectivity index (χ0n) is 9.82. The molecule has 3 rings (SSSR count). The molecule has 0 atom stereocenters. The normalized spacial score (nSPS) is 16.5. The van der Waals surface area contributed by atoms with Crippen LogP contribution < -0.4 is 5.73 Å². The van der Waals surface area contributed by atoms with Gasteiger partial charge in [0.15, 0.2) is 0 Å². The van der Waals surface area contributed by atoms with E-state index in [4.69, 9.17) is 5.73 Å². The molecular weight excluding hydrogens is 210 g/mol. The average molecular weight is 227 g/mol. The molecule has 0 amide bonds. The van der Waals surface area contributed by atoms with Crippen LogP contribution in [0, 0.1) is 0 Å². The molecule has 0 aliphatic heterocycles. The molecule has 0 bridgehead atoms. The summed E-state index contributed by atoms with van der Waals surface area (Å²) in [4.78, 5) is 0. The molecule has 3 nitrogen and oxygen atoms in total. The smallest absolute Gasteiger partial charge is 0.145 e. The standard InChI is InChI=1S/C14H17N3/c15-14-9-13(16-17-14)12-7-3-6-11(8-12)10-4-1-2-5-10/h3,6-10H,1-2,4-5H2,(H3,15,16,17). The lowest BCUT2D eigenvalue weighted by atomic mass is 9.95. The lowest BCUT2D eigenvalue weighted by Crippen LogP contribution is -1.92. The second-order valence-corrected chi connectivity index (χ2v) is 4.81. The third-order valence-corrected chi connectivity index (χ3v) is 3.62. The number of nitrogens with one attached hydrogen (secondary N) is 1. The van der Waals surface area contributed by atoms with E-state index >= 15 is 0 Å². The summed E-state index contributed by atoms with van der Waals surface area (Å²) in [6, 6.07) is 10.6. The van der Waals surface area contributed by atoms with Crippen LogP contribution in [0.1, 0.15) is 37.2 Å². The van der Waals surface area contributed by atoms with Crippen LogP contribution in [0.25, 0.3) is 11.3 Å². The molecule has 17 heavy (non-hydrogen) atoms. The van der Waals surface area contributed by atoms with Gasteiger partial charge in [0.05, 0.1) is 5.69 Å². The molecule has 88 valence electrons. The first-order chi connectivity index (χ1) is 8.33. The number of H-pyrrole nitrogens is 1. The van der Waals surface area contributed by atoms with Crippen molar-refractivity contribution in [2.75, 3.05) is 5.73 Å². The van der Waals surface area contributed by atoms with Gasteiger partial charge in [-0.3, -0.25) is 5.10 Å². The Balaban J connectivity index is 1.93. The lowest BCUT2D eigenvalue weighted by Gasteiger charge is -2.10. The van der Waals surface area contributed by atoms with E-state index in [0.717, 1.165) is 11.6 Å². The van der Waals surface area contributed by atoms with E-state index in [1.165, 1.54) is 36.8 Å². The molecule has 0 unspecified atom stereocenters. The first-order valence-electron chi connectivity index (χ1n) is 6.24. The van der Waals surface area contributed by atoms with Crippen LogP contribution in [0.3, 0.4) is 0 Å². The number of benzene rings is 1. The van der Waals surface area contributed by atoms with Gasteiger partial charge in [0.2, 0.25) is 0 Å². The highest BCUT2D eigenvalue weighted by Crippen LogP contribution is 2.35. The number of hydrogen-bond donors (Lipinski definition) is 2. The number of nitrogen functional groups attached to an aromatic ring is 1. The fraction of sp³-hybridized carbons (Fsp3) is 0.357. The Labute approximate surface area is 101 Å². The third kappa shape index (κ3) is 2.05. The fourth-order valence-corrected chi connectivity index (χ4v) is 2.70. The highest BCUT2D eigenvalue weighted by molar-refractivity contribution is 5.62. The molecule has 1 aliphatic rings. The quantitative estimate of drug-likeness (QED) is 0.827. The van der Waals surface area contributed by atoms with Crippen molar-refractivity contribution in [1.29, 1.82) is 0 Å². The van der Waals surface area contributed by atoms with E-state index in [1.807, 2.05) is 6.07 Å². The number of aromatic amines is 1. The minimum absolute atomic E-state index is 0.547.